The molecule has 0 aliphatic carbocycles. The van der Waals surface area contributed by atoms with E-state index in [1.54, 1.807) is 48.5 Å². The van der Waals surface area contributed by atoms with Crippen molar-refractivity contribution in [3.8, 4) is 34.0 Å². The van der Waals surface area contributed by atoms with Gasteiger partial charge in [-0.15, -0.1) is 10.2 Å². The maximum Gasteiger partial charge on any atom is 0.267 e. The highest BCUT2D eigenvalue weighted by Gasteiger charge is 2.14. The van der Waals surface area contributed by atoms with E-state index in [2.05, 4.69) is 30.4 Å². The first kappa shape index (κ1) is 22.4. The predicted molar refractivity (Wildman–Crippen MR) is 117 cm³/mol. The van der Waals surface area contributed by atoms with Crippen LogP contribution in [0.25, 0.3) is 22.5 Å². The molecule has 4 rings (SSSR count). The molecule has 0 bridgehead atoms. The van der Waals surface area contributed by atoms with Crippen LogP contribution in [0.1, 0.15) is 0 Å². The van der Waals surface area contributed by atoms with Gasteiger partial charge in [-0.2, -0.15) is 10.2 Å². The first-order valence-corrected chi connectivity index (χ1v) is 13.1. The zero-order valence-corrected chi connectivity index (χ0v) is 18.9. The van der Waals surface area contributed by atoms with Gasteiger partial charge in [0.15, 0.2) is 0 Å². The van der Waals surface area contributed by atoms with Crippen molar-refractivity contribution in [2.75, 3.05) is 12.5 Å². The van der Waals surface area contributed by atoms with Crippen LogP contribution in [0.3, 0.4) is 0 Å². The van der Waals surface area contributed by atoms with E-state index < -0.39 is 19.7 Å². The average molecular weight is 485 g/mol. The van der Waals surface area contributed by atoms with Crippen molar-refractivity contribution in [2.24, 2.45) is 0 Å². The van der Waals surface area contributed by atoms with Gasteiger partial charge in [-0.25, -0.2) is 26.8 Å². The molecule has 0 aliphatic heterocycles. The maximum atomic E-state index is 11.6. The molecule has 0 aliphatic rings. The van der Waals surface area contributed by atoms with Crippen LogP contribution in [-0.4, -0.2) is 59.7 Å². The summed E-state index contributed by atoms with van der Waals surface area (Å²) in [4.78, 5) is 8.06. The van der Waals surface area contributed by atoms with Crippen molar-refractivity contribution < 1.29 is 21.6 Å². The lowest BCUT2D eigenvalue weighted by Gasteiger charge is -2.08. The number of ether oxygens (including phenoxy) is 1. The molecule has 0 spiro atoms. The van der Waals surface area contributed by atoms with Crippen LogP contribution in [0.2, 0.25) is 0 Å². The van der Waals surface area contributed by atoms with Crippen LogP contribution in [-0.2, 0) is 19.7 Å². The maximum absolute atomic E-state index is 11.6. The highest BCUT2D eigenvalue weighted by atomic mass is 32.2. The molecule has 4 aromatic rings. The molecule has 168 valence electrons. The first-order valence-electron chi connectivity index (χ1n) is 9.28. The largest absolute Gasteiger partial charge is 0.457 e. The molecule has 0 unspecified atom stereocenters. The van der Waals surface area contributed by atoms with Crippen LogP contribution < -0.4 is 4.74 Å². The van der Waals surface area contributed by atoms with Crippen LogP contribution in [0, 0.1) is 0 Å². The zero-order chi connectivity index (χ0) is 23.6. The molecule has 11 nitrogen and oxygen atoms in total. The predicted octanol–water partition coefficient (Wildman–Crippen LogP) is 1.99. The first-order chi connectivity index (χ1) is 15.6. The Hall–Kier alpha value is -3.84. The minimum absolute atomic E-state index is 0.344. The summed E-state index contributed by atoms with van der Waals surface area (Å²) in [5.74, 6) is 1.08. The Kier molecular flexibility index (Phi) is 5.82. The Morgan fingerprint density at radius 2 is 0.970 bits per heavy atom. The molecule has 0 fully saturated rings. The number of rotatable bonds is 6. The quantitative estimate of drug-likeness (QED) is 0.394. The Bertz CT molecular complexity index is 1410. The number of benzene rings is 2. The van der Waals surface area contributed by atoms with Crippen molar-refractivity contribution in [3.05, 3.63) is 60.9 Å². The summed E-state index contributed by atoms with van der Waals surface area (Å²) in [6.07, 6.45) is 4.78. The van der Waals surface area contributed by atoms with Crippen molar-refractivity contribution in [1.82, 2.24) is 30.4 Å². The summed E-state index contributed by atoms with van der Waals surface area (Å²) in [5, 5.41) is 13.8. The summed E-state index contributed by atoms with van der Waals surface area (Å²) in [6, 6.07) is 13.7. The minimum atomic E-state index is -3.57. The number of nitrogens with zero attached hydrogens (tertiary/aromatic N) is 6. The Morgan fingerprint density at radius 3 is 1.30 bits per heavy atom. The smallest absolute Gasteiger partial charge is 0.267 e. The normalized spacial score (nSPS) is 11.8. The molecule has 0 saturated heterocycles. The number of aromatic nitrogens is 6. The van der Waals surface area contributed by atoms with Crippen molar-refractivity contribution in [1.29, 1.82) is 0 Å². The molecule has 13 heteroatoms. The van der Waals surface area contributed by atoms with Crippen molar-refractivity contribution >= 4 is 19.7 Å². The molecule has 33 heavy (non-hydrogen) atoms. The standard InChI is InChI=1S/C20H16N6O5S2/c1-32(27,28)19-23-17(11-21-25-19)13-3-7-15(8-4-13)31-16-9-5-14(6-10-16)18-12-22-26-20(24-18)33(2,29)30/h3-12H,1-2H3. The van der Waals surface area contributed by atoms with E-state index in [4.69, 9.17) is 4.74 Å². The fourth-order valence-corrected chi connectivity index (χ4v) is 3.61. The van der Waals surface area contributed by atoms with Gasteiger partial charge in [0.25, 0.3) is 10.3 Å². The highest BCUT2D eigenvalue weighted by Crippen LogP contribution is 2.27. The summed E-state index contributed by atoms with van der Waals surface area (Å²) in [7, 11) is -7.13. The summed E-state index contributed by atoms with van der Waals surface area (Å²) >= 11 is 0. The number of hydrogen-bond acceptors (Lipinski definition) is 11. The van der Waals surface area contributed by atoms with Gasteiger partial charge in [0.1, 0.15) is 11.5 Å². The molecule has 0 radical (unpaired) electrons. The topological polar surface area (TPSA) is 155 Å². The molecule has 0 amide bonds. The third-order valence-corrected chi connectivity index (χ3v) is 5.95. The monoisotopic (exact) mass is 484 g/mol. The van der Waals surface area contributed by atoms with E-state index in [-0.39, 0.29) is 10.3 Å². The van der Waals surface area contributed by atoms with Gasteiger partial charge in [0.05, 0.1) is 23.8 Å². The number of sulfone groups is 2. The molecule has 2 heterocycles. The summed E-state index contributed by atoms with van der Waals surface area (Å²) < 4.78 is 52.3. The van der Waals surface area contributed by atoms with Crippen LogP contribution in [0.5, 0.6) is 11.5 Å². The van der Waals surface area contributed by atoms with Crippen LogP contribution in [0.15, 0.2) is 71.2 Å². The van der Waals surface area contributed by atoms with Gasteiger partial charge < -0.3 is 4.74 Å². The number of hydrogen-bond donors (Lipinski definition) is 0. The third kappa shape index (κ3) is 5.32. The van der Waals surface area contributed by atoms with Gasteiger partial charge >= 0.3 is 0 Å². The second-order valence-electron chi connectivity index (χ2n) is 6.94. The average Bonchev–Trinajstić information content (AvgIpc) is 2.79. The van der Waals surface area contributed by atoms with Crippen LogP contribution in [0.4, 0.5) is 0 Å². The van der Waals surface area contributed by atoms with E-state index in [1.165, 1.54) is 12.4 Å². The van der Waals surface area contributed by atoms with E-state index in [0.717, 1.165) is 12.5 Å². The lowest BCUT2D eigenvalue weighted by Crippen LogP contribution is -2.06. The zero-order valence-electron chi connectivity index (χ0n) is 17.3. The van der Waals surface area contributed by atoms with Crippen molar-refractivity contribution in [3.63, 3.8) is 0 Å². The fraction of sp³-hybridized carbons (Fsp3) is 0.100. The van der Waals surface area contributed by atoms with E-state index in [9.17, 15) is 16.8 Å². The van der Waals surface area contributed by atoms with Gasteiger partial charge in [-0.1, -0.05) is 0 Å². The molecule has 2 aromatic carbocycles. The Balaban J connectivity index is 1.50. The van der Waals surface area contributed by atoms with E-state index in [0.29, 0.717) is 34.0 Å². The summed E-state index contributed by atoms with van der Waals surface area (Å²) in [6.45, 7) is 0. The lowest BCUT2D eigenvalue weighted by atomic mass is 10.1. The minimum Gasteiger partial charge on any atom is -0.457 e. The summed E-state index contributed by atoms with van der Waals surface area (Å²) in [5.41, 5.74) is 2.03. The Labute approximate surface area is 189 Å². The van der Waals surface area contributed by atoms with Gasteiger partial charge in [-0.05, 0) is 48.5 Å². The van der Waals surface area contributed by atoms with Gasteiger partial charge in [-0.3, -0.25) is 0 Å². The fourth-order valence-electron chi connectivity index (χ4n) is 2.69. The molecule has 0 N–H and O–H groups in total. The van der Waals surface area contributed by atoms with Crippen molar-refractivity contribution in [2.45, 2.75) is 10.3 Å². The highest BCUT2D eigenvalue weighted by molar-refractivity contribution is 7.90. The molecule has 0 atom stereocenters. The Morgan fingerprint density at radius 1 is 0.606 bits per heavy atom. The van der Waals surface area contributed by atoms with E-state index >= 15 is 0 Å². The molecule has 2 aromatic heterocycles. The molecular formula is C20H16N6O5S2. The molecule has 0 saturated carbocycles. The lowest BCUT2D eigenvalue weighted by molar-refractivity contribution is 0.483. The third-order valence-electron chi connectivity index (χ3n) is 4.28. The van der Waals surface area contributed by atoms with Gasteiger partial charge in [0.2, 0.25) is 19.7 Å². The molecular weight excluding hydrogens is 468 g/mol. The SMILES string of the molecule is CS(=O)(=O)c1nncc(-c2ccc(Oc3ccc(-c4cnnc(S(C)(=O)=O)n4)cc3)cc2)n1. The second kappa shape index (κ2) is 8.60. The van der Waals surface area contributed by atoms with E-state index in [1.807, 2.05) is 0 Å². The van der Waals surface area contributed by atoms with Crippen LogP contribution >= 0.6 is 0 Å². The second-order valence-corrected chi connectivity index (χ2v) is 10.8. The van der Waals surface area contributed by atoms with Gasteiger partial charge in [0, 0.05) is 23.6 Å².